The molecular weight excluding hydrogens is 286 g/mol. The summed E-state index contributed by atoms with van der Waals surface area (Å²) < 4.78 is 5.27. The lowest BCUT2D eigenvalue weighted by Gasteiger charge is -2.21. The van der Waals surface area contributed by atoms with Crippen LogP contribution in [0.3, 0.4) is 0 Å². The molecular formula is C16H15NO3S. The Morgan fingerprint density at radius 1 is 1.29 bits per heavy atom. The molecule has 21 heavy (non-hydrogen) atoms. The summed E-state index contributed by atoms with van der Waals surface area (Å²) in [5, 5.41) is 11.7. The first kappa shape index (κ1) is 13.8. The van der Waals surface area contributed by atoms with Crippen molar-refractivity contribution in [2.75, 3.05) is 19.0 Å². The van der Waals surface area contributed by atoms with Gasteiger partial charge in [-0.3, -0.25) is 4.79 Å². The highest BCUT2D eigenvalue weighted by atomic mass is 32.2. The molecule has 1 heterocycles. The van der Waals surface area contributed by atoms with Gasteiger partial charge >= 0.3 is 5.97 Å². The Bertz CT molecular complexity index is 700. The fraction of sp³-hybridized carbons (Fsp3) is 0.188. The molecule has 2 aromatic carbocycles. The Morgan fingerprint density at radius 3 is 2.90 bits per heavy atom. The third-order valence-electron chi connectivity index (χ3n) is 3.42. The standard InChI is InChI=1S/C16H15NO3S/c1-20-12-4-5-13-14-6-11(17-8-16(18)19)3-2-10(14)9-21-15(13)7-12/h2-7,17H,8-9H2,1H3,(H,18,19). The predicted octanol–water partition coefficient (Wildman–Crippen LogP) is 3.46. The van der Waals surface area contributed by atoms with Crippen molar-refractivity contribution in [2.24, 2.45) is 0 Å². The van der Waals surface area contributed by atoms with Crippen molar-refractivity contribution >= 4 is 23.4 Å². The molecule has 0 bridgehead atoms. The number of anilines is 1. The highest BCUT2D eigenvalue weighted by Crippen LogP contribution is 2.43. The fourth-order valence-corrected chi connectivity index (χ4v) is 3.46. The molecule has 0 atom stereocenters. The molecule has 0 aliphatic carbocycles. The predicted molar refractivity (Wildman–Crippen MR) is 84.1 cm³/mol. The lowest BCUT2D eigenvalue weighted by atomic mass is 9.99. The normalized spacial score (nSPS) is 12.2. The lowest BCUT2D eigenvalue weighted by Crippen LogP contribution is -2.12. The van der Waals surface area contributed by atoms with Crippen LogP contribution in [0.1, 0.15) is 5.56 Å². The maximum absolute atomic E-state index is 10.7. The molecule has 1 aliphatic rings. The van der Waals surface area contributed by atoms with Crippen molar-refractivity contribution in [3.8, 4) is 16.9 Å². The van der Waals surface area contributed by atoms with E-state index in [-0.39, 0.29) is 6.54 Å². The maximum Gasteiger partial charge on any atom is 0.322 e. The number of aliphatic carboxylic acids is 1. The van der Waals surface area contributed by atoms with E-state index < -0.39 is 5.97 Å². The summed E-state index contributed by atoms with van der Waals surface area (Å²) in [4.78, 5) is 11.8. The average Bonchev–Trinajstić information content (AvgIpc) is 2.51. The Labute approximate surface area is 127 Å². The topological polar surface area (TPSA) is 58.6 Å². The Hall–Kier alpha value is -2.14. The van der Waals surface area contributed by atoms with Crippen LogP contribution in [0.15, 0.2) is 41.3 Å². The molecule has 1 aliphatic heterocycles. The van der Waals surface area contributed by atoms with E-state index in [1.807, 2.05) is 24.3 Å². The van der Waals surface area contributed by atoms with Crippen LogP contribution < -0.4 is 10.1 Å². The minimum Gasteiger partial charge on any atom is -0.497 e. The number of thioether (sulfide) groups is 1. The van der Waals surface area contributed by atoms with Crippen molar-refractivity contribution in [1.29, 1.82) is 0 Å². The summed E-state index contributed by atoms with van der Waals surface area (Å²) >= 11 is 1.79. The first-order valence-corrected chi connectivity index (χ1v) is 7.56. The number of nitrogens with one attached hydrogen (secondary N) is 1. The molecule has 2 N–H and O–H groups in total. The Kier molecular flexibility index (Phi) is 3.75. The number of hydrogen-bond acceptors (Lipinski definition) is 4. The number of hydrogen-bond donors (Lipinski definition) is 2. The van der Waals surface area contributed by atoms with Gasteiger partial charge in [0.25, 0.3) is 0 Å². The van der Waals surface area contributed by atoms with Crippen LogP contribution in [-0.2, 0) is 10.5 Å². The van der Waals surface area contributed by atoms with Crippen molar-refractivity contribution in [1.82, 2.24) is 0 Å². The van der Waals surface area contributed by atoms with Gasteiger partial charge < -0.3 is 15.2 Å². The Balaban J connectivity index is 1.97. The number of ether oxygens (including phenoxy) is 1. The number of fused-ring (bicyclic) bond motifs is 3. The van der Waals surface area contributed by atoms with Gasteiger partial charge in [0.2, 0.25) is 0 Å². The molecule has 0 radical (unpaired) electrons. The molecule has 3 rings (SSSR count). The quantitative estimate of drug-likeness (QED) is 0.905. The minimum atomic E-state index is -0.867. The highest BCUT2D eigenvalue weighted by Gasteiger charge is 2.17. The molecule has 0 spiro atoms. The number of methoxy groups -OCH3 is 1. The summed E-state index contributed by atoms with van der Waals surface area (Å²) in [7, 11) is 1.66. The SMILES string of the molecule is COc1ccc2c(c1)SCc1ccc(NCC(=O)O)cc1-2. The molecule has 2 aromatic rings. The first-order valence-electron chi connectivity index (χ1n) is 6.57. The maximum atomic E-state index is 10.7. The number of benzene rings is 2. The summed E-state index contributed by atoms with van der Waals surface area (Å²) in [6, 6.07) is 12.0. The third-order valence-corrected chi connectivity index (χ3v) is 4.52. The second-order valence-electron chi connectivity index (χ2n) is 4.77. The van der Waals surface area contributed by atoms with Crippen LogP contribution in [0.4, 0.5) is 5.69 Å². The zero-order chi connectivity index (χ0) is 14.8. The van der Waals surface area contributed by atoms with Crippen molar-refractivity contribution < 1.29 is 14.6 Å². The number of carboxylic acids is 1. The molecule has 0 unspecified atom stereocenters. The van der Waals surface area contributed by atoms with Gasteiger partial charge in [-0.2, -0.15) is 0 Å². The van der Waals surface area contributed by atoms with E-state index in [1.165, 1.54) is 16.0 Å². The molecule has 0 saturated heterocycles. The zero-order valence-corrected chi connectivity index (χ0v) is 12.4. The summed E-state index contributed by atoms with van der Waals surface area (Å²) in [5.74, 6) is 0.896. The number of carboxylic acid groups (broad SMARTS) is 1. The summed E-state index contributed by atoms with van der Waals surface area (Å²) in [6.07, 6.45) is 0. The second-order valence-corrected chi connectivity index (χ2v) is 5.79. The van der Waals surface area contributed by atoms with Crippen LogP contribution in [0.25, 0.3) is 11.1 Å². The van der Waals surface area contributed by atoms with E-state index in [0.29, 0.717) is 0 Å². The van der Waals surface area contributed by atoms with Gasteiger partial charge in [0.05, 0.1) is 7.11 Å². The monoisotopic (exact) mass is 301 g/mol. The molecule has 0 aromatic heterocycles. The first-order chi connectivity index (χ1) is 10.2. The van der Waals surface area contributed by atoms with Gasteiger partial charge in [-0.1, -0.05) is 6.07 Å². The second kappa shape index (κ2) is 5.69. The molecule has 0 saturated carbocycles. The number of carbonyl (C=O) groups is 1. The van der Waals surface area contributed by atoms with E-state index in [2.05, 4.69) is 17.4 Å². The molecule has 0 fully saturated rings. The largest absolute Gasteiger partial charge is 0.497 e. The van der Waals surface area contributed by atoms with E-state index in [1.54, 1.807) is 18.9 Å². The van der Waals surface area contributed by atoms with Gasteiger partial charge in [0, 0.05) is 16.3 Å². The van der Waals surface area contributed by atoms with E-state index in [0.717, 1.165) is 22.8 Å². The van der Waals surface area contributed by atoms with Gasteiger partial charge in [-0.25, -0.2) is 0 Å². The van der Waals surface area contributed by atoms with Crippen molar-refractivity contribution in [3.63, 3.8) is 0 Å². The third kappa shape index (κ3) is 2.83. The van der Waals surface area contributed by atoms with E-state index in [9.17, 15) is 4.79 Å². The smallest absolute Gasteiger partial charge is 0.322 e. The van der Waals surface area contributed by atoms with E-state index in [4.69, 9.17) is 9.84 Å². The fourth-order valence-electron chi connectivity index (χ4n) is 2.37. The molecule has 0 amide bonds. The van der Waals surface area contributed by atoms with Crippen molar-refractivity contribution in [2.45, 2.75) is 10.6 Å². The minimum absolute atomic E-state index is 0.0804. The van der Waals surface area contributed by atoms with Crippen LogP contribution in [-0.4, -0.2) is 24.7 Å². The summed E-state index contributed by atoms with van der Waals surface area (Å²) in [5.41, 5.74) is 4.41. The lowest BCUT2D eigenvalue weighted by molar-refractivity contribution is -0.134. The van der Waals surface area contributed by atoms with Crippen LogP contribution >= 0.6 is 11.8 Å². The average molecular weight is 301 g/mol. The van der Waals surface area contributed by atoms with Crippen LogP contribution in [0, 0.1) is 0 Å². The Morgan fingerprint density at radius 2 is 2.14 bits per heavy atom. The molecule has 5 heteroatoms. The van der Waals surface area contributed by atoms with Crippen LogP contribution in [0.2, 0.25) is 0 Å². The van der Waals surface area contributed by atoms with E-state index >= 15 is 0 Å². The summed E-state index contributed by atoms with van der Waals surface area (Å²) in [6.45, 7) is -0.0804. The van der Waals surface area contributed by atoms with Gasteiger partial charge in [-0.05, 0) is 47.0 Å². The zero-order valence-electron chi connectivity index (χ0n) is 11.6. The van der Waals surface area contributed by atoms with Crippen molar-refractivity contribution in [3.05, 3.63) is 42.0 Å². The highest BCUT2D eigenvalue weighted by molar-refractivity contribution is 7.98. The van der Waals surface area contributed by atoms with Crippen LogP contribution in [0.5, 0.6) is 5.75 Å². The molecule has 108 valence electrons. The van der Waals surface area contributed by atoms with Gasteiger partial charge in [-0.15, -0.1) is 11.8 Å². The van der Waals surface area contributed by atoms with Gasteiger partial charge in [0.15, 0.2) is 0 Å². The van der Waals surface area contributed by atoms with Gasteiger partial charge in [0.1, 0.15) is 12.3 Å². The molecule has 4 nitrogen and oxygen atoms in total. The number of rotatable bonds is 4.